The van der Waals surface area contributed by atoms with Crippen LogP contribution in [0, 0.1) is 6.92 Å². The normalized spacial score (nSPS) is 12.5. The molecular weight excluding hydrogens is 469 g/mol. The number of hydrogen-bond donors (Lipinski definition) is 2. The molecule has 4 rings (SSSR count). The van der Waals surface area contributed by atoms with Crippen molar-refractivity contribution in [1.82, 2.24) is 10.2 Å². The average Bonchev–Trinajstić information content (AvgIpc) is 3.20. The molecule has 0 bridgehead atoms. The SMILES string of the molecule is Cc1cc(SC(c2ccc(OC(F)(F)F)cc2)c2[nH]nc3ccccc23)ccc1OCC(=O)O. The highest BCUT2D eigenvalue weighted by atomic mass is 32.2. The summed E-state index contributed by atoms with van der Waals surface area (Å²) in [5.74, 6) is -0.906. The minimum absolute atomic E-state index is 0.301. The predicted octanol–water partition coefficient (Wildman–Crippen LogP) is 6.12. The molecule has 6 nitrogen and oxygen atoms in total. The van der Waals surface area contributed by atoms with Crippen LogP contribution in [-0.4, -0.2) is 34.2 Å². The summed E-state index contributed by atoms with van der Waals surface area (Å²) in [7, 11) is 0. The van der Waals surface area contributed by atoms with Crippen LogP contribution in [0.1, 0.15) is 22.1 Å². The number of nitrogens with zero attached hydrogens (tertiary/aromatic N) is 1. The zero-order chi connectivity index (χ0) is 24.3. The molecule has 34 heavy (non-hydrogen) atoms. The van der Waals surface area contributed by atoms with Crippen molar-refractivity contribution in [2.45, 2.75) is 23.4 Å². The van der Waals surface area contributed by atoms with E-state index in [4.69, 9.17) is 9.84 Å². The van der Waals surface area contributed by atoms with Crippen molar-refractivity contribution >= 4 is 28.6 Å². The van der Waals surface area contributed by atoms with Crippen LogP contribution in [0.5, 0.6) is 11.5 Å². The molecule has 0 radical (unpaired) electrons. The van der Waals surface area contributed by atoms with Crippen LogP contribution in [0.2, 0.25) is 0 Å². The van der Waals surface area contributed by atoms with E-state index in [9.17, 15) is 18.0 Å². The number of aromatic nitrogens is 2. The zero-order valence-corrected chi connectivity index (χ0v) is 18.6. The smallest absolute Gasteiger partial charge is 0.482 e. The Labute approximate surface area is 196 Å². The Morgan fingerprint density at radius 2 is 1.85 bits per heavy atom. The number of hydrogen-bond acceptors (Lipinski definition) is 5. The summed E-state index contributed by atoms with van der Waals surface area (Å²) in [6.45, 7) is 1.37. The van der Waals surface area contributed by atoms with Gasteiger partial charge in [-0.2, -0.15) is 5.10 Å². The van der Waals surface area contributed by atoms with Gasteiger partial charge in [0.1, 0.15) is 11.5 Å². The summed E-state index contributed by atoms with van der Waals surface area (Å²) >= 11 is 1.47. The van der Waals surface area contributed by atoms with Crippen LogP contribution in [0.3, 0.4) is 0 Å². The van der Waals surface area contributed by atoms with E-state index in [0.717, 1.165) is 32.6 Å². The Morgan fingerprint density at radius 1 is 1.12 bits per heavy atom. The van der Waals surface area contributed by atoms with Gasteiger partial charge in [-0.05, 0) is 54.4 Å². The van der Waals surface area contributed by atoms with E-state index in [-0.39, 0.29) is 11.0 Å². The number of ether oxygens (including phenoxy) is 2. The maximum absolute atomic E-state index is 12.6. The molecule has 4 aromatic rings. The molecule has 1 heterocycles. The van der Waals surface area contributed by atoms with E-state index in [2.05, 4.69) is 14.9 Å². The first-order valence-electron chi connectivity index (χ1n) is 10.1. The molecule has 0 saturated carbocycles. The third-order valence-corrected chi connectivity index (χ3v) is 6.19. The third kappa shape index (κ3) is 5.63. The molecule has 1 unspecified atom stereocenters. The van der Waals surface area contributed by atoms with Crippen molar-refractivity contribution in [2.24, 2.45) is 0 Å². The largest absolute Gasteiger partial charge is 0.573 e. The van der Waals surface area contributed by atoms with Crippen LogP contribution in [-0.2, 0) is 4.79 Å². The first kappa shape index (κ1) is 23.5. The number of aliphatic carboxylic acids is 1. The molecule has 1 aromatic heterocycles. The number of fused-ring (bicyclic) bond motifs is 1. The monoisotopic (exact) mass is 488 g/mol. The number of nitrogens with one attached hydrogen (secondary N) is 1. The van der Waals surface area contributed by atoms with Crippen LogP contribution < -0.4 is 9.47 Å². The van der Waals surface area contributed by atoms with Crippen molar-refractivity contribution in [1.29, 1.82) is 0 Å². The van der Waals surface area contributed by atoms with Crippen molar-refractivity contribution in [3.8, 4) is 11.5 Å². The second kappa shape index (κ2) is 9.68. The fourth-order valence-electron chi connectivity index (χ4n) is 3.45. The summed E-state index contributed by atoms with van der Waals surface area (Å²) in [5, 5.41) is 16.8. The number of H-pyrrole nitrogens is 1. The lowest BCUT2D eigenvalue weighted by atomic mass is 10.1. The van der Waals surface area contributed by atoms with Gasteiger partial charge in [0.25, 0.3) is 0 Å². The molecule has 10 heteroatoms. The average molecular weight is 488 g/mol. The third-order valence-electron chi connectivity index (χ3n) is 4.92. The maximum Gasteiger partial charge on any atom is 0.573 e. The first-order chi connectivity index (χ1) is 16.2. The van der Waals surface area contributed by atoms with Gasteiger partial charge in [-0.3, -0.25) is 5.10 Å². The zero-order valence-electron chi connectivity index (χ0n) is 17.8. The lowest BCUT2D eigenvalue weighted by Gasteiger charge is -2.18. The summed E-state index contributed by atoms with van der Waals surface area (Å²) in [4.78, 5) is 11.6. The van der Waals surface area contributed by atoms with E-state index in [1.54, 1.807) is 18.2 Å². The summed E-state index contributed by atoms with van der Waals surface area (Å²) in [6, 6.07) is 18.7. The number of benzene rings is 3. The minimum Gasteiger partial charge on any atom is -0.482 e. The van der Waals surface area contributed by atoms with E-state index in [1.807, 2.05) is 43.3 Å². The number of halogens is 3. The van der Waals surface area contributed by atoms with E-state index in [0.29, 0.717) is 5.75 Å². The summed E-state index contributed by atoms with van der Waals surface area (Å²) in [5.41, 5.74) is 3.08. The van der Waals surface area contributed by atoms with Crippen molar-refractivity contribution in [3.05, 3.63) is 83.6 Å². The number of carbonyl (C=O) groups is 1. The van der Waals surface area contributed by atoms with Gasteiger partial charge in [0.2, 0.25) is 0 Å². The number of carboxylic acids is 1. The van der Waals surface area contributed by atoms with Gasteiger partial charge in [-0.25, -0.2) is 4.79 Å². The van der Waals surface area contributed by atoms with Crippen molar-refractivity contribution in [3.63, 3.8) is 0 Å². The van der Waals surface area contributed by atoms with Gasteiger partial charge in [0.05, 0.1) is 16.5 Å². The van der Waals surface area contributed by atoms with Gasteiger partial charge < -0.3 is 14.6 Å². The topological polar surface area (TPSA) is 84.4 Å². The Morgan fingerprint density at radius 3 is 2.53 bits per heavy atom. The standard InChI is InChI=1S/C24H19F3N2O4S/c1-14-12-17(10-11-20(14)32-13-21(30)31)34-23(22-18-4-2-3-5-19(18)28-29-22)15-6-8-16(9-7-15)33-24(25,26)27/h2-12,23H,13H2,1H3,(H,28,29)(H,30,31). The predicted molar refractivity (Wildman–Crippen MR) is 121 cm³/mol. The van der Waals surface area contributed by atoms with Crippen molar-refractivity contribution in [2.75, 3.05) is 6.61 Å². The van der Waals surface area contributed by atoms with Crippen LogP contribution in [0.4, 0.5) is 13.2 Å². The second-order valence-corrected chi connectivity index (χ2v) is 8.56. The van der Waals surface area contributed by atoms with E-state index < -0.39 is 18.9 Å². The van der Waals surface area contributed by atoms with E-state index >= 15 is 0 Å². The molecule has 1 atom stereocenters. The van der Waals surface area contributed by atoms with Gasteiger partial charge in [0, 0.05) is 10.3 Å². The second-order valence-electron chi connectivity index (χ2n) is 7.38. The fourth-order valence-corrected chi connectivity index (χ4v) is 4.70. The number of aryl methyl sites for hydroxylation is 1. The van der Waals surface area contributed by atoms with Gasteiger partial charge in [-0.1, -0.05) is 30.3 Å². The summed E-state index contributed by atoms with van der Waals surface area (Å²) < 4.78 is 47.0. The molecule has 2 N–H and O–H groups in total. The Bertz CT molecular complexity index is 1310. The molecule has 176 valence electrons. The molecule has 0 amide bonds. The molecule has 0 aliphatic carbocycles. The number of para-hydroxylation sites is 1. The first-order valence-corrected chi connectivity index (χ1v) is 11.0. The lowest BCUT2D eigenvalue weighted by Crippen LogP contribution is -2.17. The number of aromatic amines is 1. The molecular formula is C24H19F3N2O4S. The Balaban J connectivity index is 1.68. The molecule has 0 aliphatic heterocycles. The highest BCUT2D eigenvalue weighted by Gasteiger charge is 2.31. The molecule has 0 spiro atoms. The minimum atomic E-state index is -4.77. The number of carboxylic acid groups (broad SMARTS) is 1. The molecule has 0 fully saturated rings. The van der Waals surface area contributed by atoms with Crippen molar-refractivity contribution < 1.29 is 32.5 Å². The molecule has 0 saturated heterocycles. The van der Waals surface area contributed by atoms with E-state index in [1.165, 1.54) is 23.9 Å². The highest BCUT2D eigenvalue weighted by molar-refractivity contribution is 7.99. The van der Waals surface area contributed by atoms with Crippen LogP contribution >= 0.6 is 11.8 Å². The Hall–Kier alpha value is -3.66. The highest BCUT2D eigenvalue weighted by Crippen LogP contribution is 2.43. The van der Waals surface area contributed by atoms with Gasteiger partial charge >= 0.3 is 12.3 Å². The quantitative estimate of drug-likeness (QED) is 0.291. The number of alkyl halides is 3. The fraction of sp³-hybridized carbons (Fsp3) is 0.167. The number of thioether (sulfide) groups is 1. The van der Waals surface area contributed by atoms with Crippen LogP contribution in [0.25, 0.3) is 10.9 Å². The lowest BCUT2D eigenvalue weighted by molar-refractivity contribution is -0.274. The summed E-state index contributed by atoms with van der Waals surface area (Å²) in [6.07, 6.45) is -4.77. The number of rotatable bonds is 8. The molecule has 0 aliphatic rings. The van der Waals surface area contributed by atoms with Crippen LogP contribution in [0.15, 0.2) is 71.6 Å². The Kier molecular flexibility index (Phi) is 6.69. The van der Waals surface area contributed by atoms with Gasteiger partial charge in [0.15, 0.2) is 6.61 Å². The maximum atomic E-state index is 12.6. The molecule has 3 aromatic carbocycles. The van der Waals surface area contributed by atoms with Gasteiger partial charge in [-0.15, -0.1) is 24.9 Å².